The lowest BCUT2D eigenvalue weighted by Gasteiger charge is -2.60. The summed E-state index contributed by atoms with van der Waals surface area (Å²) in [7, 11) is -4.93. The number of fused-ring (bicyclic) bond motifs is 5. The molecule has 3 nitrogen and oxygen atoms in total. The lowest BCUT2D eigenvalue weighted by Crippen LogP contribution is -2.62. The Hall–Kier alpha value is 0.271. The first-order valence-electron chi connectivity index (χ1n) is 15.1. The fourth-order valence-corrected chi connectivity index (χ4v) is 13.3. The lowest BCUT2D eigenvalue weighted by atomic mass is 9.47. The van der Waals surface area contributed by atoms with Crippen LogP contribution in [0.15, 0.2) is 11.6 Å². The molecule has 0 saturated heterocycles. The second-order valence-electron chi connectivity index (χ2n) is 16.3. The maximum Gasteiger partial charge on any atom is 0.184 e. The van der Waals surface area contributed by atoms with Crippen LogP contribution < -0.4 is 0 Å². The van der Waals surface area contributed by atoms with Gasteiger partial charge in [0.25, 0.3) is 0 Å². The van der Waals surface area contributed by atoms with Crippen molar-refractivity contribution in [3.8, 4) is 0 Å². The molecule has 3 saturated carbocycles. The molecule has 4 rings (SSSR count). The minimum Gasteiger partial charge on any atom is -0.415 e. The minimum atomic E-state index is -1.76. The molecule has 208 valence electrons. The molecule has 0 aliphatic heterocycles. The highest BCUT2D eigenvalue weighted by Crippen LogP contribution is 2.68. The van der Waals surface area contributed by atoms with Crippen LogP contribution in [-0.4, -0.2) is 42.8 Å². The van der Waals surface area contributed by atoms with Crippen LogP contribution >= 0.6 is 0 Å². The zero-order valence-corrected chi connectivity index (χ0v) is 28.8. The SMILES string of the molecule is C[C@H](O[Si](C)(C)C)[C@@]1(O[Si](C)(C)C)CCC2C3=CC[C@@H]4C[C@H](O[Si](C)(C)C)CC[C@]4(C)C3CC[C@@]21C. The third kappa shape index (κ3) is 5.34. The van der Waals surface area contributed by atoms with Gasteiger partial charge in [-0.15, -0.1) is 0 Å². The first-order chi connectivity index (χ1) is 16.3. The third-order valence-electron chi connectivity index (χ3n) is 10.4. The number of hydrogen-bond donors (Lipinski definition) is 0. The maximum atomic E-state index is 7.33. The van der Waals surface area contributed by atoms with Crippen LogP contribution in [0.5, 0.6) is 0 Å². The smallest absolute Gasteiger partial charge is 0.184 e. The summed E-state index contributed by atoms with van der Waals surface area (Å²) in [6.07, 6.45) is 13.5. The Kier molecular flexibility index (Phi) is 7.67. The molecule has 6 heteroatoms. The second-order valence-corrected chi connectivity index (χ2v) is 29.7. The number of allylic oxidation sites excluding steroid dienone is 2. The van der Waals surface area contributed by atoms with Gasteiger partial charge in [-0.25, -0.2) is 0 Å². The molecule has 0 amide bonds. The number of rotatable bonds is 7. The van der Waals surface area contributed by atoms with Gasteiger partial charge >= 0.3 is 0 Å². The molecule has 0 aromatic carbocycles. The van der Waals surface area contributed by atoms with E-state index in [9.17, 15) is 0 Å². The topological polar surface area (TPSA) is 27.7 Å². The lowest BCUT2D eigenvalue weighted by molar-refractivity contribution is -0.135. The summed E-state index contributed by atoms with van der Waals surface area (Å²) in [6, 6.07) is 0. The average molecular weight is 551 g/mol. The van der Waals surface area contributed by atoms with E-state index in [1.807, 2.05) is 5.57 Å². The van der Waals surface area contributed by atoms with Crippen LogP contribution in [0, 0.1) is 28.6 Å². The fourth-order valence-electron chi connectivity index (χ4n) is 9.21. The largest absolute Gasteiger partial charge is 0.415 e. The molecule has 3 fully saturated rings. The molecule has 2 unspecified atom stereocenters. The highest BCUT2D eigenvalue weighted by Gasteiger charge is 2.66. The van der Waals surface area contributed by atoms with Crippen LogP contribution in [-0.2, 0) is 13.3 Å². The quantitative estimate of drug-likeness (QED) is 0.234. The maximum absolute atomic E-state index is 7.33. The van der Waals surface area contributed by atoms with E-state index in [0.29, 0.717) is 17.4 Å². The van der Waals surface area contributed by atoms with Crippen molar-refractivity contribution in [2.75, 3.05) is 0 Å². The van der Waals surface area contributed by atoms with E-state index in [2.05, 4.69) is 85.8 Å². The van der Waals surface area contributed by atoms with Crippen molar-refractivity contribution in [3.63, 3.8) is 0 Å². The van der Waals surface area contributed by atoms with Crippen molar-refractivity contribution in [2.45, 2.75) is 149 Å². The van der Waals surface area contributed by atoms with Crippen molar-refractivity contribution in [3.05, 3.63) is 11.6 Å². The van der Waals surface area contributed by atoms with Crippen LogP contribution in [0.3, 0.4) is 0 Å². The predicted octanol–water partition coefficient (Wildman–Crippen LogP) is 9.00. The van der Waals surface area contributed by atoms with Gasteiger partial charge in [0.1, 0.15) is 0 Å². The van der Waals surface area contributed by atoms with Gasteiger partial charge in [0.2, 0.25) is 0 Å². The number of hydrogen-bond acceptors (Lipinski definition) is 3. The highest BCUT2D eigenvalue weighted by molar-refractivity contribution is 6.70. The summed E-state index contributed by atoms with van der Waals surface area (Å²) in [5.74, 6) is 2.18. The van der Waals surface area contributed by atoms with Crippen molar-refractivity contribution in [2.24, 2.45) is 28.6 Å². The average Bonchev–Trinajstić information content (AvgIpc) is 2.98. The zero-order valence-electron chi connectivity index (χ0n) is 25.8. The van der Waals surface area contributed by atoms with Crippen molar-refractivity contribution in [1.29, 1.82) is 0 Å². The van der Waals surface area contributed by atoms with Gasteiger partial charge < -0.3 is 13.3 Å². The van der Waals surface area contributed by atoms with E-state index in [1.165, 1.54) is 44.9 Å². The van der Waals surface area contributed by atoms with Gasteiger partial charge in [0.05, 0.1) is 11.7 Å². The zero-order chi connectivity index (χ0) is 26.9. The molecule has 4 aliphatic rings. The van der Waals surface area contributed by atoms with Gasteiger partial charge in [-0.05, 0) is 140 Å². The Labute approximate surface area is 226 Å². The molecule has 0 spiro atoms. The molecular formula is C30H58O3Si3. The molecule has 0 radical (unpaired) electrons. The highest BCUT2D eigenvalue weighted by atomic mass is 28.4. The molecule has 8 atom stereocenters. The molecule has 0 bridgehead atoms. The molecule has 0 heterocycles. The molecular weight excluding hydrogens is 493 g/mol. The van der Waals surface area contributed by atoms with Gasteiger partial charge in [-0.2, -0.15) is 0 Å². The summed E-state index contributed by atoms with van der Waals surface area (Å²) in [5.41, 5.74) is 2.26. The summed E-state index contributed by atoms with van der Waals surface area (Å²) < 4.78 is 20.8. The van der Waals surface area contributed by atoms with Crippen molar-refractivity contribution >= 4 is 25.0 Å². The monoisotopic (exact) mass is 550 g/mol. The molecule has 0 N–H and O–H groups in total. The van der Waals surface area contributed by atoms with E-state index in [4.69, 9.17) is 13.3 Å². The molecule has 4 aliphatic carbocycles. The van der Waals surface area contributed by atoms with E-state index in [-0.39, 0.29) is 17.1 Å². The Balaban J connectivity index is 1.64. The Morgan fingerprint density at radius 1 is 0.806 bits per heavy atom. The Morgan fingerprint density at radius 2 is 1.44 bits per heavy atom. The normalized spacial score (nSPS) is 42.3. The van der Waals surface area contributed by atoms with E-state index in [0.717, 1.165) is 18.3 Å². The molecule has 0 aromatic rings. The van der Waals surface area contributed by atoms with Crippen LogP contribution in [0.25, 0.3) is 0 Å². The van der Waals surface area contributed by atoms with Crippen molar-refractivity contribution < 1.29 is 13.3 Å². The predicted molar refractivity (Wildman–Crippen MR) is 161 cm³/mol. The fraction of sp³-hybridized carbons (Fsp3) is 0.933. The minimum absolute atomic E-state index is 0.157. The summed E-state index contributed by atoms with van der Waals surface area (Å²) in [4.78, 5) is 0. The Bertz CT molecular complexity index is 853. The van der Waals surface area contributed by atoms with Crippen LogP contribution in [0.1, 0.15) is 72.1 Å². The van der Waals surface area contributed by atoms with E-state index >= 15 is 0 Å². The Morgan fingerprint density at radius 3 is 2.03 bits per heavy atom. The van der Waals surface area contributed by atoms with Gasteiger partial charge in [0.15, 0.2) is 25.0 Å². The van der Waals surface area contributed by atoms with E-state index in [1.54, 1.807) is 0 Å². The second kappa shape index (κ2) is 9.43. The standard InChI is InChI=1S/C30H58O3Si3/c1-22(31-34(4,5)6)30(33-36(10,11)12)20-17-27-25-14-13-23-21-24(32-35(7,8)9)15-18-28(23,2)26(25)16-19-29(27,30)3/h14,22-24,26-27H,13,15-21H2,1-12H3/t22-,23+,24+,26?,27?,28-,29-,30-/m0/s1. The van der Waals surface area contributed by atoms with Gasteiger partial charge in [-0.3, -0.25) is 0 Å². The van der Waals surface area contributed by atoms with Crippen LogP contribution in [0.2, 0.25) is 58.9 Å². The molecule has 36 heavy (non-hydrogen) atoms. The van der Waals surface area contributed by atoms with Gasteiger partial charge in [0, 0.05) is 11.5 Å². The third-order valence-corrected chi connectivity index (χ3v) is 13.5. The summed E-state index contributed by atoms with van der Waals surface area (Å²) >= 11 is 0. The van der Waals surface area contributed by atoms with Crippen LogP contribution in [0.4, 0.5) is 0 Å². The van der Waals surface area contributed by atoms with Gasteiger partial charge in [-0.1, -0.05) is 25.5 Å². The van der Waals surface area contributed by atoms with Crippen molar-refractivity contribution in [1.82, 2.24) is 0 Å². The van der Waals surface area contributed by atoms with E-state index < -0.39 is 25.0 Å². The summed E-state index contributed by atoms with van der Waals surface area (Å²) in [6.45, 7) is 28.8. The molecule has 0 aromatic heterocycles. The summed E-state index contributed by atoms with van der Waals surface area (Å²) in [5, 5.41) is 0. The first kappa shape index (κ1) is 29.3. The first-order valence-corrected chi connectivity index (χ1v) is 25.3.